The molecule has 160 valence electrons. The predicted molar refractivity (Wildman–Crippen MR) is 122 cm³/mol. The number of hydrogen-bond donors (Lipinski definition) is 3. The van der Waals surface area contributed by atoms with Gasteiger partial charge in [-0.25, -0.2) is 4.79 Å². The molecule has 1 fully saturated rings. The van der Waals surface area contributed by atoms with Gasteiger partial charge in [-0.15, -0.1) is 0 Å². The number of hydrogen-bond acceptors (Lipinski definition) is 3. The first-order valence-corrected chi connectivity index (χ1v) is 10.9. The van der Waals surface area contributed by atoms with Gasteiger partial charge in [-0.1, -0.05) is 34.1 Å². The normalized spacial score (nSPS) is 15.7. The van der Waals surface area contributed by atoms with Crippen molar-refractivity contribution in [3.8, 4) is 0 Å². The maximum absolute atomic E-state index is 13.0. The summed E-state index contributed by atoms with van der Waals surface area (Å²) in [6.07, 6.45) is 0.961. The molecule has 30 heavy (non-hydrogen) atoms. The standard InChI is InChI=1S/C23H28BrN3O3/c1-15(2)25-22(29)26-20-14-17(5-4-16(20)3)21(28)27-12-10-23(30,11-13-27)18-6-8-19(24)9-7-18/h4-9,14-15,30H,10-13H2,1-3H3,(H2,25,26,29). The Labute approximate surface area is 185 Å². The fourth-order valence-corrected chi connectivity index (χ4v) is 3.89. The molecule has 1 heterocycles. The summed E-state index contributed by atoms with van der Waals surface area (Å²) in [4.78, 5) is 26.8. The van der Waals surface area contributed by atoms with Crippen LogP contribution in [0.15, 0.2) is 46.9 Å². The van der Waals surface area contributed by atoms with Gasteiger partial charge in [-0.3, -0.25) is 4.79 Å². The number of nitrogens with one attached hydrogen (secondary N) is 2. The van der Waals surface area contributed by atoms with Crippen molar-refractivity contribution >= 4 is 33.6 Å². The van der Waals surface area contributed by atoms with Crippen molar-refractivity contribution in [3.63, 3.8) is 0 Å². The second-order valence-corrected chi connectivity index (χ2v) is 9.03. The Hall–Kier alpha value is -2.38. The van der Waals surface area contributed by atoms with E-state index < -0.39 is 5.60 Å². The van der Waals surface area contributed by atoms with Crippen LogP contribution in [0.4, 0.5) is 10.5 Å². The molecule has 6 nitrogen and oxygen atoms in total. The number of urea groups is 1. The summed E-state index contributed by atoms with van der Waals surface area (Å²) in [5.41, 5.74) is 1.97. The maximum Gasteiger partial charge on any atom is 0.319 e. The molecule has 0 aromatic heterocycles. The Morgan fingerprint density at radius 2 is 1.73 bits per heavy atom. The lowest BCUT2D eigenvalue weighted by Crippen LogP contribution is -2.45. The number of benzene rings is 2. The van der Waals surface area contributed by atoms with Gasteiger partial charge in [0.15, 0.2) is 0 Å². The van der Waals surface area contributed by atoms with Crippen LogP contribution in [0.5, 0.6) is 0 Å². The first-order valence-electron chi connectivity index (χ1n) is 10.1. The number of anilines is 1. The predicted octanol–water partition coefficient (Wildman–Crippen LogP) is 4.41. The zero-order valence-electron chi connectivity index (χ0n) is 17.5. The maximum atomic E-state index is 13.0. The Balaban J connectivity index is 1.68. The molecule has 0 unspecified atom stereocenters. The second kappa shape index (κ2) is 9.18. The van der Waals surface area contributed by atoms with Gasteiger partial charge in [-0.2, -0.15) is 0 Å². The molecule has 0 spiro atoms. The molecule has 2 aromatic carbocycles. The summed E-state index contributed by atoms with van der Waals surface area (Å²) < 4.78 is 0.966. The van der Waals surface area contributed by atoms with Gasteiger partial charge in [0, 0.05) is 34.9 Å². The van der Waals surface area contributed by atoms with Crippen molar-refractivity contribution in [2.24, 2.45) is 0 Å². The van der Waals surface area contributed by atoms with E-state index in [-0.39, 0.29) is 18.0 Å². The molecule has 3 N–H and O–H groups in total. The number of rotatable bonds is 4. The van der Waals surface area contributed by atoms with Crippen LogP contribution in [0.25, 0.3) is 0 Å². The third-order valence-electron chi connectivity index (χ3n) is 5.41. The van der Waals surface area contributed by atoms with Gasteiger partial charge in [-0.05, 0) is 69.0 Å². The Morgan fingerprint density at radius 3 is 2.33 bits per heavy atom. The van der Waals surface area contributed by atoms with Crippen LogP contribution in [0.1, 0.15) is 48.2 Å². The lowest BCUT2D eigenvalue weighted by Gasteiger charge is -2.38. The van der Waals surface area contributed by atoms with Crippen molar-refractivity contribution < 1.29 is 14.7 Å². The highest BCUT2D eigenvalue weighted by molar-refractivity contribution is 9.10. The van der Waals surface area contributed by atoms with Gasteiger partial charge in [0.1, 0.15) is 0 Å². The average molecular weight is 474 g/mol. The smallest absolute Gasteiger partial charge is 0.319 e. The average Bonchev–Trinajstić information content (AvgIpc) is 2.69. The van der Waals surface area contributed by atoms with Crippen LogP contribution in [0.3, 0.4) is 0 Å². The Bertz CT molecular complexity index is 920. The molecule has 0 saturated carbocycles. The quantitative estimate of drug-likeness (QED) is 0.614. The second-order valence-electron chi connectivity index (χ2n) is 8.11. The summed E-state index contributed by atoms with van der Waals surface area (Å²) in [5, 5.41) is 16.6. The van der Waals surface area contributed by atoms with Crippen molar-refractivity contribution in [3.05, 3.63) is 63.6 Å². The number of nitrogens with zero attached hydrogens (tertiary/aromatic N) is 1. The Kier molecular flexibility index (Phi) is 6.83. The molecule has 3 amide bonds. The molecule has 0 atom stereocenters. The number of carbonyl (C=O) groups is 2. The van der Waals surface area contributed by atoms with Gasteiger partial charge in [0.25, 0.3) is 5.91 Å². The van der Waals surface area contributed by atoms with E-state index in [9.17, 15) is 14.7 Å². The first kappa shape index (κ1) is 22.3. The number of aliphatic hydroxyl groups is 1. The highest BCUT2D eigenvalue weighted by atomic mass is 79.9. The highest BCUT2D eigenvalue weighted by Crippen LogP contribution is 2.34. The molecule has 2 aromatic rings. The fraction of sp³-hybridized carbons (Fsp3) is 0.391. The molecule has 3 rings (SSSR count). The van der Waals surface area contributed by atoms with E-state index in [1.807, 2.05) is 51.1 Å². The Morgan fingerprint density at radius 1 is 1.10 bits per heavy atom. The van der Waals surface area contributed by atoms with Crippen LogP contribution >= 0.6 is 15.9 Å². The molecule has 7 heteroatoms. The molecular weight excluding hydrogens is 446 g/mol. The van der Waals surface area contributed by atoms with E-state index in [0.717, 1.165) is 15.6 Å². The molecule has 0 aliphatic carbocycles. The van der Waals surface area contributed by atoms with Crippen molar-refractivity contribution in [2.75, 3.05) is 18.4 Å². The summed E-state index contributed by atoms with van der Waals surface area (Å²) in [6, 6.07) is 12.7. The summed E-state index contributed by atoms with van der Waals surface area (Å²) in [5.74, 6) is -0.0971. The SMILES string of the molecule is Cc1ccc(C(=O)N2CCC(O)(c3ccc(Br)cc3)CC2)cc1NC(=O)NC(C)C. The van der Waals surface area contributed by atoms with Gasteiger partial charge >= 0.3 is 6.03 Å². The van der Waals surface area contributed by atoms with E-state index >= 15 is 0 Å². The van der Waals surface area contributed by atoms with E-state index in [2.05, 4.69) is 26.6 Å². The van der Waals surface area contributed by atoms with Gasteiger partial charge < -0.3 is 20.6 Å². The third-order valence-corrected chi connectivity index (χ3v) is 5.94. The van der Waals surface area contributed by atoms with E-state index in [4.69, 9.17) is 0 Å². The zero-order chi connectivity index (χ0) is 21.9. The topological polar surface area (TPSA) is 81.7 Å². The number of likely N-dealkylation sites (tertiary alicyclic amines) is 1. The zero-order valence-corrected chi connectivity index (χ0v) is 19.1. The molecule has 1 aliphatic rings. The minimum Gasteiger partial charge on any atom is -0.385 e. The largest absolute Gasteiger partial charge is 0.385 e. The van der Waals surface area contributed by atoms with Crippen LogP contribution in [0, 0.1) is 6.92 Å². The van der Waals surface area contributed by atoms with Crippen LogP contribution < -0.4 is 10.6 Å². The van der Waals surface area contributed by atoms with Crippen LogP contribution in [-0.2, 0) is 5.60 Å². The summed E-state index contributed by atoms with van der Waals surface area (Å²) in [7, 11) is 0. The van der Waals surface area contributed by atoms with Gasteiger partial charge in [0.2, 0.25) is 0 Å². The third kappa shape index (κ3) is 5.21. The van der Waals surface area contributed by atoms with Crippen LogP contribution in [0.2, 0.25) is 0 Å². The monoisotopic (exact) mass is 473 g/mol. The lowest BCUT2D eigenvalue weighted by atomic mass is 9.84. The van der Waals surface area contributed by atoms with E-state index in [1.54, 1.807) is 17.0 Å². The minimum atomic E-state index is -0.924. The number of halogens is 1. The minimum absolute atomic E-state index is 0.0212. The molecule has 0 radical (unpaired) electrons. The molecule has 0 bridgehead atoms. The van der Waals surface area contributed by atoms with Crippen molar-refractivity contribution in [1.82, 2.24) is 10.2 Å². The lowest BCUT2D eigenvalue weighted by molar-refractivity contribution is -0.0211. The summed E-state index contributed by atoms with van der Waals surface area (Å²) >= 11 is 3.41. The number of amides is 3. The number of piperidine rings is 1. The van der Waals surface area contributed by atoms with E-state index in [0.29, 0.717) is 37.2 Å². The number of aryl methyl sites for hydroxylation is 1. The molecular formula is C23H28BrN3O3. The molecule has 1 saturated heterocycles. The van der Waals surface area contributed by atoms with Crippen molar-refractivity contribution in [2.45, 2.75) is 45.3 Å². The highest BCUT2D eigenvalue weighted by Gasteiger charge is 2.35. The van der Waals surface area contributed by atoms with Crippen molar-refractivity contribution in [1.29, 1.82) is 0 Å². The number of carbonyl (C=O) groups excluding carboxylic acids is 2. The molecule has 1 aliphatic heterocycles. The summed E-state index contributed by atoms with van der Waals surface area (Å²) in [6.45, 7) is 6.60. The van der Waals surface area contributed by atoms with Crippen LogP contribution in [-0.4, -0.2) is 41.1 Å². The first-order chi connectivity index (χ1) is 14.2. The van der Waals surface area contributed by atoms with Gasteiger partial charge in [0.05, 0.1) is 5.60 Å². The fourth-order valence-electron chi connectivity index (χ4n) is 3.62. The van der Waals surface area contributed by atoms with E-state index in [1.165, 1.54) is 0 Å².